The van der Waals surface area contributed by atoms with E-state index in [9.17, 15) is 13.2 Å². The van der Waals surface area contributed by atoms with E-state index in [2.05, 4.69) is 5.32 Å². The maximum absolute atomic E-state index is 13.0. The predicted molar refractivity (Wildman–Crippen MR) is 112 cm³/mol. The first-order valence-electron chi connectivity index (χ1n) is 9.36. The van der Waals surface area contributed by atoms with E-state index in [1.807, 2.05) is 24.3 Å². The Morgan fingerprint density at radius 1 is 1.07 bits per heavy atom. The number of carbonyl (C=O) groups excluding carboxylic acids is 1. The van der Waals surface area contributed by atoms with Gasteiger partial charge in [0.1, 0.15) is 16.4 Å². The SMILES string of the molecule is CCN(CC(=O)NCCc1ccc(OC)cc1)S(=O)(=O)c1cc(C)ccc1OC. The minimum atomic E-state index is -3.86. The molecule has 0 aromatic heterocycles. The van der Waals surface area contributed by atoms with Gasteiger partial charge in [-0.3, -0.25) is 4.79 Å². The Balaban J connectivity index is 2.00. The molecule has 7 nitrogen and oxygen atoms in total. The molecule has 0 heterocycles. The van der Waals surface area contributed by atoms with Crippen LogP contribution >= 0.6 is 0 Å². The topological polar surface area (TPSA) is 84.9 Å². The number of nitrogens with zero attached hydrogens (tertiary/aromatic N) is 1. The number of methoxy groups -OCH3 is 2. The lowest BCUT2D eigenvalue weighted by molar-refractivity contribution is -0.121. The molecule has 0 bridgehead atoms. The Morgan fingerprint density at radius 2 is 1.76 bits per heavy atom. The second kappa shape index (κ2) is 10.3. The third kappa shape index (κ3) is 5.95. The van der Waals surface area contributed by atoms with Crippen LogP contribution in [-0.4, -0.2) is 52.5 Å². The van der Waals surface area contributed by atoms with Crippen LogP contribution in [-0.2, 0) is 21.2 Å². The summed E-state index contributed by atoms with van der Waals surface area (Å²) < 4.78 is 37.5. The summed E-state index contributed by atoms with van der Waals surface area (Å²) in [5, 5.41) is 2.78. The number of hydrogen-bond donors (Lipinski definition) is 1. The molecule has 0 fully saturated rings. The Hall–Kier alpha value is -2.58. The number of ether oxygens (including phenoxy) is 2. The largest absolute Gasteiger partial charge is 0.497 e. The van der Waals surface area contributed by atoms with Crippen molar-refractivity contribution in [2.75, 3.05) is 33.9 Å². The molecule has 0 aliphatic rings. The lowest BCUT2D eigenvalue weighted by Crippen LogP contribution is -2.41. The van der Waals surface area contributed by atoms with Crippen molar-refractivity contribution in [1.29, 1.82) is 0 Å². The van der Waals surface area contributed by atoms with Gasteiger partial charge in [0.15, 0.2) is 0 Å². The van der Waals surface area contributed by atoms with Crippen molar-refractivity contribution in [3.05, 3.63) is 53.6 Å². The molecule has 2 aromatic rings. The lowest BCUT2D eigenvalue weighted by atomic mass is 10.1. The predicted octanol–water partition coefficient (Wildman–Crippen LogP) is 2.38. The second-order valence-corrected chi connectivity index (χ2v) is 8.44. The Bertz CT molecular complexity index is 927. The van der Waals surface area contributed by atoms with Crippen LogP contribution in [0.4, 0.5) is 0 Å². The van der Waals surface area contributed by atoms with E-state index in [1.165, 1.54) is 7.11 Å². The van der Waals surface area contributed by atoms with E-state index < -0.39 is 10.0 Å². The van der Waals surface area contributed by atoms with Crippen molar-refractivity contribution >= 4 is 15.9 Å². The molecular formula is C21H28N2O5S. The molecule has 1 amide bonds. The molecule has 158 valence electrons. The van der Waals surface area contributed by atoms with Gasteiger partial charge >= 0.3 is 0 Å². The van der Waals surface area contributed by atoms with Crippen molar-refractivity contribution in [2.45, 2.75) is 25.2 Å². The second-order valence-electron chi connectivity index (χ2n) is 6.53. The number of hydrogen-bond acceptors (Lipinski definition) is 5. The van der Waals surface area contributed by atoms with E-state index in [4.69, 9.17) is 9.47 Å². The van der Waals surface area contributed by atoms with Crippen molar-refractivity contribution in [3.63, 3.8) is 0 Å². The minimum absolute atomic E-state index is 0.0629. The highest BCUT2D eigenvalue weighted by Crippen LogP contribution is 2.27. The monoisotopic (exact) mass is 420 g/mol. The smallest absolute Gasteiger partial charge is 0.247 e. The number of rotatable bonds is 10. The quantitative estimate of drug-likeness (QED) is 0.638. The molecule has 8 heteroatoms. The fraction of sp³-hybridized carbons (Fsp3) is 0.381. The molecule has 2 rings (SSSR count). The van der Waals surface area contributed by atoms with Crippen molar-refractivity contribution in [1.82, 2.24) is 9.62 Å². The number of amides is 1. The zero-order chi connectivity index (χ0) is 21.4. The molecule has 0 saturated carbocycles. The van der Waals surface area contributed by atoms with E-state index in [0.717, 1.165) is 21.2 Å². The van der Waals surface area contributed by atoms with Crippen LogP contribution in [0, 0.1) is 6.92 Å². The number of nitrogens with one attached hydrogen (secondary N) is 1. The minimum Gasteiger partial charge on any atom is -0.497 e. The van der Waals surface area contributed by atoms with Crippen molar-refractivity contribution < 1.29 is 22.7 Å². The van der Waals surface area contributed by atoms with Crippen LogP contribution in [0.2, 0.25) is 0 Å². The molecule has 29 heavy (non-hydrogen) atoms. The van der Waals surface area contributed by atoms with Crippen LogP contribution < -0.4 is 14.8 Å². The molecule has 0 aliphatic heterocycles. The molecule has 0 aliphatic carbocycles. The molecule has 0 unspecified atom stereocenters. The first kappa shape index (κ1) is 22.7. The maximum Gasteiger partial charge on any atom is 0.247 e. The summed E-state index contributed by atoms with van der Waals surface area (Å²) in [4.78, 5) is 12.4. The summed E-state index contributed by atoms with van der Waals surface area (Å²) in [6.07, 6.45) is 0.639. The maximum atomic E-state index is 13.0. The van der Waals surface area contributed by atoms with Crippen molar-refractivity contribution in [3.8, 4) is 11.5 Å². The fourth-order valence-electron chi connectivity index (χ4n) is 2.85. The average Bonchev–Trinajstić information content (AvgIpc) is 2.72. The lowest BCUT2D eigenvalue weighted by Gasteiger charge is -2.21. The number of carbonyl (C=O) groups is 1. The highest BCUT2D eigenvalue weighted by atomic mass is 32.2. The average molecular weight is 421 g/mol. The summed E-state index contributed by atoms with van der Waals surface area (Å²) in [5.41, 5.74) is 1.85. The van der Waals surface area contributed by atoms with Crippen LogP contribution in [0.3, 0.4) is 0 Å². The molecule has 2 aromatic carbocycles. The summed E-state index contributed by atoms with van der Waals surface area (Å²) >= 11 is 0. The van der Waals surface area contributed by atoms with Gasteiger partial charge in [-0.1, -0.05) is 25.1 Å². The van der Waals surface area contributed by atoms with E-state index in [1.54, 1.807) is 39.2 Å². The summed E-state index contributed by atoms with van der Waals surface area (Å²) in [6, 6.07) is 12.5. The van der Waals surface area contributed by atoms with E-state index >= 15 is 0 Å². The zero-order valence-electron chi connectivity index (χ0n) is 17.3. The molecule has 0 spiro atoms. The van der Waals surface area contributed by atoms with Gasteiger partial charge in [-0.25, -0.2) is 8.42 Å². The van der Waals surface area contributed by atoms with E-state index in [-0.39, 0.29) is 29.6 Å². The van der Waals surface area contributed by atoms with Crippen LogP contribution in [0.5, 0.6) is 11.5 Å². The summed E-state index contributed by atoms with van der Waals surface area (Å²) in [7, 11) is -0.834. The van der Waals surface area contributed by atoms with Gasteiger partial charge in [0.25, 0.3) is 0 Å². The molecule has 1 N–H and O–H groups in total. The van der Waals surface area contributed by atoms with Crippen molar-refractivity contribution in [2.24, 2.45) is 0 Å². The Morgan fingerprint density at radius 3 is 2.34 bits per heavy atom. The molecule has 0 radical (unpaired) electrons. The Kier molecular flexibility index (Phi) is 8.04. The summed E-state index contributed by atoms with van der Waals surface area (Å²) in [5.74, 6) is 0.678. The third-order valence-electron chi connectivity index (χ3n) is 4.50. The van der Waals surface area contributed by atoms with Crippen LogP contribution in [0.25, 0.3) is 0 Å². The van der Waals surface area contributed by atoms with Crippen LogP contribution in [0.15, 0.2) is 47.4 Å². The third-order valence-corrected chi connectivity index (χ3v) is 6.45. The van der Waals surface area contributed by atoms with Gasteiger partial charge < -0.3 is 14.8 Å². The molecular weight excluding hydrogens is 392 g/mol. The fourth-order valence-corrected chi connectivity index (χ4v) is 4.49. The Labute approximate surface area is 172 Å². The first-order valence-corrected chi connectivity index (χ1v) is 10.8. The number of likely N-dealkylation sites (N-methyl/N-ethyl adjacent to an activating group) is 1. The molecule has 0 atom stereocenters. The summed E-state index contributed by atoms with van der Waals surface area (Å²) in [6.45, 7) is 3.84. The van der Waals surface area contributed by atoms with Gasteiger partial charge in [0, 0.05) is 13.1 Å². The van der Waals surface area contributed by atoms with Gasteiger partial charge in [-0.2, -0.15) is 4.31 Å². The molecule has 0 saturated heterocycles. The van der Waals surface area contributed by atoms with Gasteiger partial charge in [-0.05, 0) is 48.7 Å². The number of aryl methyl sites for hydroxylation is 1. The highest BCUT2D eigenvalue weighted by molar-refractivity contribution is 7.89. The number of benzene rings is 2. The first-order chi connectivity index (χ1) is 13.8. The highest BCUT2D eigenvalue weighted by Gasteiger charge is 2.28. The van der Waals surface area contributed by atoms with Gasteiger partial charge in [0.05, 0.1) is 20.8 Å². The normalized spacial score (nSPS) is 11.3. The van der Waals surface area contributed by atoms with Gasteiger partial charge in [0.2, 0.25) is 15.9 Å². The van der Waals surface area contributed by atoms with Crippen LogP contribution in [0.1, 0.15) is 18.1 Å². The zero-order valence-corrected chi connectivity index (χ0v) is 18.1. The van der Waals surface area contributed by atoms with Gasteiger partial charge in [-0.15, -0.1) is 0 Å². The van der Waals surface area contributed by atoms with E-state index in [0.29, 0.717) is 13.0 Å². The number of sulfonamides is 1. The standard InChI is InChI=1S/C21H28N2O5S/c1-5-23(29(25,26)20-14-16(2)6-11-19(20)28-4)15-21(24)22-13-12-17-7-9-18(27-3)10-8-17/h6-11,14H,5,12-13,15H2,1-4H3,(H,22,24).